The van der Waals surface area contributed by atoms with Crippen molar-refractivity contribution < 1.29 is 9.53 Å². The van der Waals surface area contributed by atoms with Crippen molar-refractivity contribution in [2.75, 3.05) is 26.2 Å². The van der Waals surface area contributed by atoms with Gasteiger partial charge in [-0.1, -0.05) is 6.92 Å². The van der Waals surface area contributed by atoms with Crippen LogP contribution in [0.1, 0.15) is 32.6 Å². The molecule has 2 rings (SSSR count). The van der Waals surface area contributed by atoms with Crippen molar-refractivity contribution >= 4 is 5.91 Å². The van der Waals surface area contributed by atoms with Crippen molar-refractivity contribution in [3.63, 3.8) is 0 Å². The monoisotopic (exact) mass is 240 g/mol. The Morgan fingerprint density at radius 3 is 3.06 bits per heavy atom. The lowest BCUT2D eigenvalue weighted by Crippen LogP contribution is -2.42. The predicted octanol–water partition coefficient (Wildman–Crippen LogP) is 0.917. The largest absolute Gasteiger partial charge is 0.378 e. The second kappa shape index (κ2) is 6.36. The number of nitrogens with one attached hydrogen (secondary N) is 2. The molecule has 0 aromatic heterocycles. The standard InChI is InChI=1S/C13H24N2O2/c1-2-12-10(5-7-17-12)9-15-13(16)11-4-3-6-14-8-11/h10-12,14H,2-9H2,1H3,(H,15,16)/t10?,11-,12?/m1/s1. The normalized spacial score (nSPS) is 33.6. The van der Waals surface area contributed by atoms with Gasteiger partial charge in [0.2, 0.25) is 5.91 Å². The zero-order chi connectivity index (χ0) is 12.1. The molecule has 0 aromatic rings. The van der Waals surface area contributed by atoms with Crippen molar-refractivity contribution in [2.45, 2.75) is 38.7 Å². The minimum atomic E-state index is 0.172. The molecule has 4 heteroatoms. The molecule has 3 atom stereocenters. The zero-order valence-electron chi connectivity index (χ0n) is 10.7. The summed E-state index contributed by atoms with van der Waals surface area (Å²) < 4.78 is 5.63. The molecule has 2 aliphatic heterocycles. The minimum absolute atomic E-state index is 0.172. The Bertz CT molecular complexity index is 252. The van der Waals surface area contributed by atoms with Crippen LogP contribution in [0.4, 0.5) is 0 Å². The van der Waals surface area contributed by atoms with Crippen molar-refractivity contribution in [3.05, 3.63) is 0 Å². The van der Waals surface area contributed by atoms with Gasteiger partial charge in [-0.15, -0.1) is 0 Å². The molecule has 2 heterocycles. The number of amides is 1. The minimum Gasteiger partial charge on any atom is -0.378 e. The molecular formula is C13H24N2O2. The fourth-order valence-corrected chi connectivity index (χ4v) is 2.83. The number of piperidine rings is 1. The van der Waals surface area contributed by atoms with Gasteiger partial charge in [0.1, 0.15) is 0 Å². The van der Waals surface area contributed by atoms with Crippen LogP contribution in [-0.2, 0) is 9.53 Å². The van der Waals surface area contributed by atoms with E-state index in [1.54, 1.807) is 0 Å². The molecular weight excluding hydrogens is 216 g/mol. The van der Waals surface area contributed by atoms with Crippen LogP contribution in [0, 0.1) is 11.8 Å². The number of carbonyl (C=O) groups excluding carboxylic acids is 1. The van der Waals surface area contributed by atoms with E-state index in [0.29, 0.717) is 12.0 Å². The number of carbonyl (C=O) groups is 1. The molecule has 0 aromatic carbocycles. The molecule has 2 fully saturated rings. The van der Waals surface area contributed by atoms with Gasteiger partial charge in [0.05, 0.1) is 12.0 Å². The number of ether oxygens (including phenoxy) is 1. The van der Waals surface area contributed by atoms with E-state index in [-0.39, 0.29) is 11.8 Å². The predicted molar refractivity (Wildman–Crippen MR) is 66.7 cm³/mol. The third-order valence-electron chi connectivity index (χ3n) is 3.95. The molecule has 98 valence electrons. The van der Waals surface area contributed by atoms with Crippen LogP contribution in [-0.4, -0.2) is 38.3 Å². The van der Waals surface area contributed by atoms with E-state index >= 15 is 0 Å². The maximum Gasteiger partial charge on any atom is 0.224 e. The van der Waals surface area contributed by atoms with Crippen molar-refractivity contribution in [1.29, 1.82) is 0 Å². The molecule has 0 saturated carbocycles. The van der Waals surface area contributed by atoms with Crippen LogP contribution in [0.2, 0.25) is 0 Å². The molecule has 2 aliphatic rings. The molecule has 2 saturated heterocycles. The third-order valence-corrected chi connectivity index (χ3v) is 3.95. The zero-order valence-corrected chi connectivity index (χ0v) is 10.7. The third kappa shape index (κ3) is 3.42. The molecule has 2 unspecified atom stereocenters. The maximum atomic E-state index is 12.0. The van der Waals surface area contributed by atoms with E-state index < -0.39 is 0 Å². The molecule has 0 spiro atoms. The molecule has 2 N–H and O–H groups in total. The lowest BCUT2D eigenvalue weighted by Gasteiger charge is -2.23. The molecule has 0 bridgehead atoms. The van der Waals surface area contributed by atoms with E-state index in [1.807, 2.05) is 0 Å². The average molecular weight is 240 g/mol. The van der Waals surface area contributed by atoms with Gasteiger partial charge in [-0.3, -0.25) is 4.79 Å². The quantitative estimate of drug-likeness (QED) is 0.768. The van der Waals surface area contributed by atoms with E-state index in [1.165, 1.54) is 0 Å². The summed E-state index contributed by atoms with van der Waals surface area (Å²) in [6, 6.07) is 0. The summed E-state index contributed by atoms with van der Waals surface area (Å²) in [4.78, 5) is 12.0. The van der Waals surface area contributed by atoms with Crippen LogP contribution < -0.4 is 10.6 Å². The first kappa shape index (κ1) is 12.8. The average Bonchev–Trinajstić information content (AvgIpc) is 2.84. The second-order valence-electron chi connectivity index (χ2n) is 5.15. The van der Waals surface area contributed by atoms with Gasteiger partial charge in [-0.2, -0.15) is 0 Å². The fourth-order valence-electron chi connectivity index (χ4n) is 2.83. The summed E-state index contributed by atoms with van der Waals surface area (Å²) in [6.07, 6.45) is 4.62. The highest BCUT2D eigenvalue weighted by Crippen LogP contribution is 2.22. The number of hydrogen-bond acceptors (Lipinski definition) is 3. The van der Waals surface area contributed by atoms with Crippen molar-refractivity contribution in [3.8, 4) is 0 Å². The van der Waals surface area contributed by atoms with Crippen LogP contribution in [0.25, 0.3) is 0 Å². The van der Waals surface area contributed by atoms with Crippen molar-refractivity contribution in [2.24, 2.45) is 11.8 Å². The Balaban J connectivity index is 1.71. The van der Waals surface area contributed by atoms with Gasteiger partial charge in [-0.25, -0.2) is 0 Å². The molecule has 0 radical (unpaired) electrons. The smallest absolute Gasteiger partial charge is 0.224 e. The SMILES string of the molecule is CCC1OCCC1CNC(=O)[C@@H]1CCCNC1. The van der Waals surface area contributed by atoms with Crippen LogP contribution in [0.3, 0.4) is 0 Å². The summed E-state index contributed by atoms with van der Waals surface area (Å²) in [6.45, 7) is 5.68. The highest BCUT2D eigenvalue weighted by atomic mass is 16.5. The van der Waals surface area contributed by atoms with E-state index in [9.17, 15) is 4.79 Å². The Kier molecular flexibility index (Phi) is 4.80. The van der Waals surface area contributed by atoms with E-state index in [4.69, 9.17) is 4.74 Å². The number of rotatable bonds is 4. The first-order chi connectivity index (χ1) is 8.31. The Morgan fingerprint density at radius 1 is 1.47 bits per heavy atom. The summed E-state index contributed by atoms with van der Waals surface area (Å²) in [5, 5.41) is 6.38. The highest BCUT2D eigenvalue weighted by Gasteiger charge is 2.28. The van der Waals surface area contributed by atoms with Crippen LogP contribution in [0.15, 0.2) is 0 Å². The Labute approximate surface area is 103 Å². The highest BCUT2D eigenvalue weighted by molar-refractivity contribution is 5.78. The van der Waals surface area contributed by atoms with Gasteiger partial charge < -0.3 is 15.4 Å². The number of hydrogen-bond donors (Lipinski definition) is 2. The van der Waals surface area contributed by atoms with Crippen molar-refractivity contribution in [1.82, 2.24) is 10.6 Å². The van der Waals surface area contributed by atoms with E-state index in [0.717, 1.165) is 51.9 Å². The Morgan fingerprint density at radius 2 is 2.35 bits per heavy atom. The lowest BCUT2D eigenvalue weighted by molar-refractivity contribution is -0.125. The van der Waals surface area contributed by atoms with E-state index in [2.05, 4.69) is 17.6 Å². The summed E-state index contributed by atoms with van der Waals surface area (Å²) >= 11 is 0. The summed E-state index contributed by atoms with van der Waals surface area (Å²) in [7, 11) is 0. The fraction of sp³-hybridized carbons (Fsp3) is 0.923. The molecule has 17 heavy (non-hydrogen) atoms. The van der Waals surface area contributed by atoms with Gasteiger partial charge in [0.25, 0.3) is 0 Å². The Hall–Kier alpha value is -0.610. The second-order valence-corrected chi connectivity index (χ2v) is 5.15. The van der Waals surface area contributed by atoms with Crippen LogP contribution >= 0.6 is 0 Å². The van der Waals surface area contributed by atoms with Gasteiger partial charge in [0.15, 0.2) is 0 Å². The first-order valence-electron chi connectivity index (χ1n) is 6.91. The summed E-state index contributed by atoms with van der Waals surface area (Å²) in [5.74, 6) is 0.908. The van der Waals surface area contributed by atoms with Gasteiger partial charge >= 0.3 is 0 Å². The lowest BCUT2D eigenvalue weighted by atomic mass is 9.97. The van der Waals surface area contributed by atoms with Crippen LogP contribution in [0.5, 0.6) is 0 Å². The summed E-state index contributed by atoms with van der Waals surface area (Å²) in [5.41, 5.74) is 0. The maximum absolute atomic E-state index is 12.0. The molecule has 4 nitrogen and oxygen atoms in total. The topological polar surface area (TPSA) is 50.4 Å². The molecule has 1 amide bonds. The molecule has 0 aliphatic carbocycles. The first-order valence-corrected chi connectivity index (χ1v) is 6.91. The van der Waals surface area contributed by atoms with Gasteiger partial charge in [0, 0.05) is 25.6 Å². The van der Waals surface area contributed by atoms with Gasteiger partial charge in [-0.05, 0) is 32.2 Å².